The van der Waals surface area contributed by atoms with Crippen LogP contribution < -0.4 is 5.32 Å². The van der Waals surface area contributed by atoms with Crippen molar-refractivity contribution in [2.45, 2.75) is 13.0 Å². The first kappa shape index (κ1) is 15.9. The zero-order chi connectivity index (χ0) is 12.3. The van der Waals surface area contributed by atoms with Crippen LogP contribution in [-0.4, -0.2) is 42.8 Å². The molecule has 1 saturated heterocycles. The summed E-state index contributed by atoms with van der Waals surface area (Å²) in [7, 11) is 0. The van der Waals surface area contributed by atoms with E-state index in [-0.39, 0.29) is 25.1 Å². The monoisotopic (exact) mass is 334 g/mol. The second-order valence-corrected chi connectivity index (χ2v) is 5.35. The molecule has 1 atom stereocenters. The lowest BCUT2D eigenvalue weighted by molar-refractivity contribution is 0.111. The first-order valence-electron chi connectivity index (χ1n) is 6.04. The average Bonchev–Trinajstić information content (AvgIpc) is 2.36. The summed E-state index contributed by atoms with van der Waals surface area (Å²) >= 11 is 3.56. The Balaban J connectivity index is 0.00000162. The van der Waals surface area contributed by atoms with Gasteiger partial charge in [0, 0.05) is 30.7 Å². The van der Waals surface area contributed by atoms with Crippen molar-refractivity contribution in [2.24, 2.45) is 0 Å². The summed E-state index contributed by atoms with van der Waals surface area (Å²) in [5.74, 6) is 0. The summed E-state index contributed by atoms with van der Waals surface area (Å²) in [6.45, 7) is 6.25. The van der Waals surface area contributed by atoms with Crippen molar-refractivity contribution in [1.29, 1.82) is 0 Å². The van der Waals surface area contributed by atoms with E-state index in [1.54, 1.807) is 0 Å². The zero-order valence-corrected chi connectivity index (χ0v) is 12.9. The lowest BCUT2D eigenvalue weighted by atomic mass is 10.0. The van der Waals surface area contributed by atoms with Gasteiger partial charge in [-0.15, -0.1) is 12.4 Å². The summed E-state index contributed by atoms with van der Waals surface area (Å²) in [5, 5.41) is 12.9. The molecule has 0 saturated carbocycles. The Hall–Kier alpha value is -0.130. The van der Waals surface area contributed by atoms with Gasteiger partial charge in [0.05, 0.1) is 12.6 Å². The number of nitrogens with zero attached hydrogens (tertiary/aromatic N) is 1. The van der Waals surface area contributed by atoms with Crippen molar-refractivity contribution in [2.75, 3.05) is 32.8 Å². The molecule has 5 heteroatoms. The van der Waals surface area contributed by atoms with E-state index in [1.807, 2.05) is 0 Å². The van der Waals surface area contributed by atoms with Crippen LogP contribution in [0.1, 0.15) is 17.2 Å². The second-order valence-electron chi connectivity index (χ2n) is 4.49. The fourth-order valence-corrected chi connectivity index (χ4v) is 2.64. The van der Waals surface area contributed by atoms with E-state index in [0.717, 1.165) is 30.7 Å². The van der Waals surface area contributed by atoms with Gasteiger partial charge in [-0.3, -0.25) is 4.90 Å². The molecule has 1 aromatic carbocycles. The number of nitrogens with one attached hydrogen (secondary N) is 1. The average molecular weight is 336 g/mol. The van der Waals surface area contributed by atoms with Crippen molar-refractivity contribution >= 4 is 28.3 Å². The second kappa shape index (κ2) is 7.46. The van der Waals surface area contributed by atoms with Gasteiger partial charge in [-0.25, -0.2) is 0 Å². The van der Waals surface area contributed by atoms with E-state index in [0.29, 0.717) is 0 Å². The van der Waals surface area contributed by atoms with E-state index >= 15 is 0 Å². The molecule has 0 aliphatic carbocycles. The number of halogens is 2. The number of hydrogen-bond acceptors (Lipinski definition) is 3. The lowest BCUT2D eigenvalue weighted by Gasteiger charge is -2.34. The van der Waals surface area contributed by atoms with Crippen LogP contribution in [0.4, 0.5) is 0 Å². The maximum absolute atomic E-state index is 9.61. The van der Waals surface area contributed by atoms with Crippen LogP contribution in [-0.2, 0) is 0 Å². The maximum Gasteiger partial charge on any atom is 0.0628 e. The van der Waals surface area contributed by atoms with Crippen LogP contribution in [0.3, 0.4) is 0 Å². The standard InChI is InChI=1S/C13H19BrN2O.ClH/c1-10-2-3-11(8-12(10)14)13(9-17)16-6-4-15-5-7-16;/h2-3,8,13,15,17H,4-7,9H2,1H3;1H/t13-;/m0./s1. The molecule has 0 radical (unpaired) electrons. The highest BCUT2D eigenvalue weighted by Crippen LogP contribution is 2.25. The molecular formula is C13H20BrClN2O. The van der Waals surface area contributed by atoms with Gasteiger partial charge in [0.15, 0.2) is 0 Å². The van der Waals surface area contributed by atoms with Gasteiger partial charge in [-0.2, -0.15) is 0 Å². The molecule has 1 aliphatic rings. The normalized spacial score (nSPS) is 18.2. The number of aliphatic hydroxyl groups is 1. The van der Waals surface area contributed by atoms with Crippen molar-refractivity contribution < 1.29 is 5.11 Å². The maximum atomic E-state index is 9.61. The molecular weight excluding hydrogens is 316 g/mol. The number of piperazine rings is 1. The highest BCUT2D eigenvalue weighted by Gasteiger charge is 2.21. The van der Waals surface area contributed by atoms with Gasteiger partial charge in [-0.1, -0.05) is 28.1 Å². The molecule has 18 heavy (non-hydrogen) atoms. The fraction of sp³-hybridized carbons (Fsp3) is 0.538. The fourth-order valence-electron chi connectivity index (χ4n) is 2.24. The molecule has 0 unspecified atom stereocenters. The summed E-state index contributed by atoms with van der Waals surface area (Å²) in [4.78, 5) is 2.34. The Labute approximate surface area is 123 Å². The molecule has 0 amide bonds. The molecule has 1 aliphatic heterocycles. The highest BCUT2D eigenvalue weighted by molar-refractivity contribution is 9.10. The number of benzene rings is 1. The highest BCUT2D eigenvalue weighted by atomic mass is 79.9. The molecule has 0 aromatic heterocycles. The Morgan fingerprint density at radius 2 is 2.06 bits per heavy atom. The Morgan fingerprint density at radius 1 is 1.39 bits per heavy atom. The smallest absolute Gasteiger partial charge is 0.0628 e. The van der Waals surface area contributed by atoms with Gasteiger partial charge < -0.3 is 10.4 Å². The van der Waals surface area contributed by atoms with Crippen molar-refractivity contribution in [3.8, 4) is 0 Å². The van der Waals surface area contributed by atoms with Crippen LogP contribution in [0, 0.1) is 6.92 Å². The molecule has 102 valence electrons. The van der Waals surface area contributed by atoms with Crippen molar-refractivity contribution in [3.05, 3.63) is 33.8 Å². The number of aliphatic hydroxyl groups excluding tert-OH is 1. The summed E-state index contributed by atoms with van der Waals surface area (Å²) in [5.41, 5.74) is 2.41. The largest absolute Gasteiger partial charge is 0.394 e. The molecule has 1 fully saturated rings. The minimum Gasteiger partial charge on any atom is -0.394 e. The molecule has 1 heterocycles. The van der Waals surface area contributed by atoms with Gasteiger partial charge in [0.1, 0.15) is 0 Å². The molecule has 2 N–H and O–H groups in total. The third-order valence-electron chi connectivity index (χ3n) is 3.35. The van der Waals surface area contributed by atoms with E-state index in [9.17, 15) is 5.11 Å². The predicted octanol–water partition coefficient (Wildman–Crippen LogP) is 2.12. The minimum absolute atomic E-state index is 0. The van der Waals surface area contributed by atoms with Gasteiger partial charge in [-0.05, 0) is 24.1 Å². The van der Waals surface area contributed by atoms with Crippen LogP contribution in [0.25, 0.3) is 0 Å². The Bertz CT molecular complexity index is 383. The van der Waals surface area contributed by atoms with Crippen molar-refractivity contribution in [1.82, 2.24) is 10.2 Å². The number of hydrogen-bond donors (Lipinski definition) is 2. The third-order valence-corrected chi connectivity index (χ3v) is 4.20. The minimum atomic E-state index is 0. The Kier molecular flexibility index (Phi) is 6.60. The van der Waals surface area contributed by atoms with Gasteiger partial charge in [0.2, 0.25) is 0 Å². The quantitative estimate of drug-likeness (QED) is 0.888. The van der Waals surface area contributed by atoms with E-state index in [1.165, 1.54) is 11.1 Å². The van der Waals surface area contributed by atoms with Crippen molar-refractivity contribution in [3.63, 3.8) is 0 Å². The van der Waals surface area contributed by atoms with Crippen LogP contribution in [0.5, 0.6) is 0 Å². The first-order chi connectivity index (χ1) is 8.22. The molecule has 3 nitrogen and oxygen atoms in total. The molecule has 1 aromatic rings. The summed E-state index contributed by atoms with van der Waals surface area (Å²) in [6.07, 6.45) is 0. The Morgan fingerprint density at radius 3 is 2.61 bits per heavy atom. The van der Waals surface area contributed by atoms with Crippen LogP contribution in [0.15, 0.2) is 22.7 Å². The third kappa shape index (κ3) is 3.68. The lowest BCUT2D eigenvalue weighted by Crippen LogP contribution is -2.46. The van der Waals surface area contributed by atoms with Gasteiger partial charge >= 0.3 is 0 Å². The summed E-state index contributed by atoms with van der Waals surface area (Å²) < 4.78 is 1.11. The van der Waals surface area contributed by atoms with E-state index in [4.69, 9.17) is 0 Å². The van der Waals surface area contributed by atoms with Crippen LogP contribution in [0.2, 0.25) is 0 Å². The summed E-state index contributed by atoms with van der Waals surface area (Å²) in [6, 6.07) is 6.46. The topological polar surface area (TPSA) is 35.5 Å². The molecule has 0 spiro atoms. The zero-order valence-electron chi connectivity index (χ0n) is 10.5. The molecule has 0 bridgehead atoms. The molecule has 2 rings (SSSR count). The number of aryl methyl sites for hydroxylation is 1. The number of rotatable bonds is 3. The van der Waals surface area contributed by atoms with E-state index in [2.05, 4.69) is 51.3 Å². The van der Waals surface area contributed by atoms with E-state index < -0.39 is 0 Å². The first-order valence-corrected chi connectivity index (χ1v) is 6.83. The van der Waals surface area contributed by atoms with Gasteiger partial charge in [0.25, 0.3) is 0 Å². The SMILES string of the molecule is Cc1ccc([C@H](CO)N2CCNCC2)cc1Br.Cl. The predicted molar refractivity (Wildman–Crippen MR) is 80.4 cm³/mol. The van der Waals surface area contributed by atoms with Crippen LogP contribution >= 0.6 is 28.3 Å².